The molecule has 3 rings (SSSR count). The van der Waals surface area contributed by atoms with E-state index in [1.807, 2.05) is 30.3 Å². The molecule has 0 aliphatic carbocycles. The number of esters is 1. The quantitative estimate of drug-likeness (QED) is 0.0458. The number of hydrogen-bond acceptors (Lipinski definition) is 8. The van der Waals surface area contributed by atoms with Crippen molar-refractivity contribution in [2.24, 2.45) is 5.73 Å². The Balaban J connectivity index is 1.20. The van der Waals surface area contributed by atoms with E-state index in [1.54, 1.807) is 64.2 Å². The number of carbonyl (C=O) groups is 2. The van der Waals surface area contributed by atoms with E-state index in [-0.39, 0.29) is 11.7 Å². The molecule has 10 heteroatoms. The van der Waals surface area contributed by atoms with Crippen LogP contribution in [0.2, 0.25) is 0 Å². The van der Waals surface area contributed by atoms with Gasteiger partial charge >= 0.3 is 5.97 Å². The lowest BCUT2D eigenvalue weighted by Gasteiger charge is -2.09. The maximum atomic E-state index is 12.4. The normalized spacial score (nSPS) is 10.5. The number of benzene rings is 2. The summed E-state index contributed by atoms with van der Waals surface area (Å²) in [6.07, 6.45) is 6.41. The van der Waals surface area contributed by atoms with Crippen molar-refractivity contribution in [2.75, 3.05) is 24.2 Å². The van der Waals surface area contributed by atoms with Crippen LogP contribution >= 0.6 is 21.6 Å². The minimum absolute atomic E-state index is 0.0345. The highest BCUT2D eigenvalue weighted by atomic mass is 33.1. The van der Waals surface area contributed by atoms with E-state index in [0.29, 0.717) is 29.8 Å². The molecule has 0 radical (unpaired) electrons. The average Bonchev–Trinajstić information content (AvgIpc) is 2.93. The summed E-state index contributed by atoms with van der Waals surface area (Å²) in [4.78, 5) is 28.5. The molecule has 0 aliphatic rings. The summed E-state index contributed by atoms with van der Waals surface area (Å²) in [5.74, 6) is 0.779. The third kappa shape index (κ3) is 10.9. The van der Waals surface area contributed by atoms with Crippen molar-refractivity contribution in [3.63, 3.8) is 0 Å². The molecule has 0 saturated heterocycles. The molecule has 1 aromatic heterocycles. The summed E-state index contributed by atoms with van der Waals surface area (Å²) in [7, 11) is 3.24. The van der Waals surface area contributed by atoms with Gasteiger partial charge in [0, 0.05) is 42.7 Å². The van der Waals surface area contributed by atoms with Crippen LogP contribution in [0.3, 0.4) is 0 Å². The second-order valence-corrected chi connectivity index (χ2v) is 10.9. The van der Waals surface area contributed by atoms with Crippen LogP contribution in [0.4, 0.5) is 5.69 Å². The van der Waals surface area contributed by atoms with Crippen LogP contribution in [0.5, 0.6) is 5.75 Å². The molecule has 200 valence electrons. The molecule has 38 heavy (non-hydrogen) atoms. The number of nitrogens with one attached hydrogen (secondary N) is 3. The van der Waals surface area contributed by atoms with E-state index < -0.39 is 5.97 Å². The summed E-state index contributed by atoms with van der Waals surface area (Å²) in [5.41, 5.74) is 7.41. The summed E-state index contributed by atoms with van der Waals surface area (Å²) in [6.45, 7) is 1.55. The third-order valence-electron chi connectivity index (χ3n) is 5.45. The van der Waals surface area contributed by atoms with Gasteiger partial charge in [-0.1, -0.05) is 29.7 Å². The summed E-state index contributed by atoms with van der Waals surface area (Å²) in [6, 6.07) is 19.5. The fourth-order valence-corrected chi connectivity index (χ4v) is 5.25. The lowest BCUT2D eigenvalue weighted by Crippen LogP contribution is -2.24. The third-order valence-corrected chi connectivity index (χ3v) is 7.71. The Morgan fingerprint density at radius 2 is 1.61 bits per heavy atom. The van der Waals surface area contributed by atoms with Crippen molar-refractivity contribution in [2.45, 2.75) is 37.1 Å². The van der Waals surface area contributed by atoms with Gasteiger partial charge in [-0.3, -0.25) is 10.2 Å². The first-order valence-electron chi connectivity index (χ1n) is 12.5. The molecule has 0 saturated carbocycles. The Kier molecular flexibility index (Phi) is 12.5. The zero-order valence-corrected chi connectivity index (χ0v) is 22.8. The molecule has 0 aliphatic heterocycles. The fraction of sp³-hybridized carbons (Fsp3) is 0.286. The topological polar surface area (TPSA) is 130 Å². The standard InChI is InChI=1S/C28H33N5O3S2/c29-27(30)21-10-14-24(15-11-21)36-28(35)22-8-12-23(13-9-22)31-17-4-1-2-5-18-32-25(34)16-20-37-38-26-7-3-6-19-33-26/h3,6-15,19,31H,1-2,4-5,16-18,20H2,(H3,29,30)(H,32,34). The maximum absolute atomic E-state index is 12.4. The van der Waals surface area contributed by atoms with E-state index in [4.69, 9.17) is 15.9 Å². The van der Waals surface area contributed by atoms with Crippen molar-refractivity contribution < 1.29 is 14.3 Å². The number of unbranched alkanes of at least 4 members (excludes halogenated alkanes) is 3. The molecule has 0 spiro atoms. The Bertz CT molecular complexity index is 1160. The van der Waals surface area contributed by atoms with Crippen LogP contribution in [0.15, 0.2) is 78.0 Å². The van der Waals surface area contributed by atoms with Crippen LogP contribution in [0.1, 0.15) is 48.0 Å². The zero-order chi connectivity index (χ0) is 27.0. The number of carbonyl (C=O) groups excluding carboxylic acids is 2. The van der Waals surface area contributed by atoms with Gasteiger partial charge in [0.05, 0.1) is 5.56 Å². The van der Waals surface area contributed by atoms with E-state index in [1.165, 1.54) is 0 Å². The Morgan fingerprint density at radius 3 is 2.29 bits per heavy atom. The fourth-order valence-electron chi connectivity index (χ4n) is 3.38. The van der Waals surface area contributed by atoms with Gasteiger partial charge in [-0.15, -0.1) is 0 Å². The van der Waals surface area contributed by atoms with Crippen LogP contribution in [0, 0.1) is 5.41 Å². The van der Waals surface area contributed by atoms with Crippen molar-refractivity contribution >= 4 is 45.0 Å². The van der Waals surface area contributed by atoms with Crippen LogP contribution < -0.4 is 21.1 Å². The van der Waals surface area contributed by atoms with Gasteiger partial charge in [-0.25, -0.2) is 9.78 Å². The summed E-state index contributed by atoms with van der Waals surface area (Å²) in [5, 5.41) is 14.7. The Morgan fingerprint density at radius 1 is 0.895 bits per heavy atom. The van der Waals surface area contributed by atoms with Crippen molar-refractivity contribution in [1.82, 2.24) is 10.3 Å². The van der Waals surface area contributed by atoms with Gasteiger partial charge in [0.2, 0.25) is 5.91 Å². The number of ether oxygens (including phenoxy) is 1. The number of nitrogens with zero attached hydrogens (tertiary/aromatic N) is 1. The van der Waals surface area contributed by atoms with Crippen LogP contribution in [-0.2, 0) is 4.79 Å². The van der Waals surface area contributed by atoms with Gasteiger partial charge in [0.15, 0.2) is 0 Å². The van der Waals surface area contributed by atoms with Crippen LogP contribution in [0.25, 0.3) is 0 Å². The first kappa shape index (κ1) is 29.1. The maximum Gasteiger partial charge on any atom is 0.343 e. The number of amides is 1. The number of nitrogens with two attached hydrogens (primary N) is 1. The largest absolute Gasteiger partial charge is 0.423 e. The molecule has 5 N–H and O–H groups in total. The predicted octanol–water partition coefficient (Wildman–Crippen LogP) is 5.50. The Hall–Kier alpha value is -3.50. The van der Waals surface area contributed by atoms with Gasteiger partial charge in [-0.2, -0.15) is 0 Å². The molecule has 8 nitrogen and oxygen atoms in total. The first-order chi connectivity index (χ1) is 18.5. The molecule has 3 aromatic rings. The number of aromatic nitrogens is 1. The summed E-state index contributed by atoms with van der Waals surface area (Å²) >= 11 is 0. The lowest BCUT2D eigenvalue weighted by atomic mass is 10.1. The number of pyridine rings is 1. The average molecular weight is 552 g/mol. The van der Waals surface area contributed by atoms with Gasteiger partial charge in [0.25, 0.3) is 0 Å². The minimum atomic E-state index is -0.443. The second kappa shape index (κ2) is 16.4. The molecule has 1 heterocycles. The van der Waals surface area contributed by atoms with Gasteiger partial charge in [-0.05, 0) is 84.3 Å². The lowest BCUT2D eigenvalue weighted by molar-refractivity contribution is -0.120. The minimum Gasteiger partial charge on any atom is -0.423 e. The smallest absolute Gasteiger partial charge is 0.343 e. The monoisotopic (exact) mass is 551 g/mol. The molecule has 0 fully saturated rings. The number of amidine groups is 1. The number of anilines is 1. The SMILES string of the molecule is N=C(N)c1ccc(OC(=O)c2ccc(NCCCCCCNC(=O)CCSSc3ccccn3)cc2)cc1. The van der Waals surface area contributed by atoms with Gasteiger partial charge in [0.1, 0.15) is 16.6 Å². The van der Waals surface area contributed by atoms with Gasteiger partial charge < -0.3 is 21.1 Å². The molecule has 0 bridgehead atoms. The molecule has 1 amide bonds. The Labute approximate surface area is 231 Å². The number of nitrogen functional groups attached to an aromatic ring is 1. The second-order valence-electron chi connectivity index (χ2n) is 8.42. The van der Waals surface area contributed by atoms with Crippen LogP contribution in [-0.4, -0.2) is 41.5 Å². The first-order valence-corrected chi connectivity index (χ1v) is 14.8. The van der Waals surface area contributed by atoms with Crippen molar-refractivity contribution in [3.05, 3.63) is 84.1 Å². The highest BCUT2D eigenvalue weighted by molar-refractivity contribution is 8.76. The molecular formula is C28H33N5O3S2. The predicted molar refractivity (Wildman–Crippen MR) is 156 cm³/mol. The highest BCUT2D eigenvalue weighted by Crippen LogP contribution is 2.29. The molecular weight excluding hydrogens is 518 g/mol. The summed E-state index contributed by atoms with van der Waals surface area (Å²) < 4.78 is 5.38. The molecule has 2 aromatic carbocycles. The number of hydrogen-bond donors (Lipinski definition) is 4. The van der Waals surface area contributed by atoms with E-state index in [2.05, 4.69) is 15.6 Å². The van der Waals surface area contributed by atoms with E-state index in [9.17, 15) is 9.59 Å². The molecule has 0 unspecified atom stereocenters. The van der Waals surface area contributed by atoms with E-state index in [0.717, 1.165) is 48.7 Å². The highest BCUT2D eigenvalue weighted by Gasteiger charge is 2.09. The van der Waals surface area contributed by atoms with Crippen molar-refractivity contribution in [3.8, 4) is 5.75 Å². The van der Waals surface area contributed by atoms with Crippen molar-refractivity contribution in [1.29, 1.82) is 5.41 Å². The number of rotatable bonds is 16. The molecule has 0 atom stereocenters. The van der Waals surface area contributed by atoms with E-state index >= 15 is 0 Å². The zero-order valence-electron chi connectivity index (χ0n) is 21.2.